The van der Waals surface area contributed by atoms with Crippen molar-refractivity contribution in [2.75, 3.05) is 36.2 Å². The highest BCUT2D eigenvalue weighted by molar-refractivity contribution is 7.49. The zero-order chi connectivity index (χ0) is 58.3. The van der Waals surface area contributed by atoms with E-state index in [1.54, 1.807) is 29.3 Å². The fourth-order valence-corrected chi connectivity index (χ4v) is 11.8. The van der Waals surface area contributed by atoms with Crippen molar-refractivity contribution in [2.24, 2.45) is 17.8 Å². The Hall–Kier alpha value is -6.14. The summed E-state index contributed by atoms with van der Waals surface area (Å²) in [6.45, 7) is 19.2. The van der Waals surface area contributed by atoms with Crippen molar-refractivity contribution in [3.63, 3.8) is 0 Å². The van der Waals surface area contributed by atoms with E-state index in [0.29, 0.717) is 30.7 Å². The van der Waals surface area contributed by atoms with Gasteiger partial charge in [-0.2, -0.15) is 15.0 Å². The van der Waals surface area contributed by atoms with Gasteiger partial charge in [0.15, 0.2) is 33.5 Å². The predicted octanol–water partition coefficient (Wildman–Crippen LogP) is 1.53. The molecule has 9 rings (SSSR count). The van der Waals surface area contributed by atoms with Gasteiger partial charge in [-0.15, -0.1) is 0 Å². The van der Waals surface area contributed by atoms with Crippen LogP contribution >= 0.6 is 8.30 Å². The van der Waals surface area contributed by atoms with Gasteiger partial charge in [0.05, 0.1) is 62.7 Å². The van der Waals surface area contributed by atoms with Crippen molar-refractivity contribution in [1.29, 1.82) is 0 Å². The number of amides is 2. The number of aromatic amines is 3. The lowest BCUT2D eigenvalue weighted by Gasteiger charge is -2.37. The third-order valence-corrected chi connectivity index (χ3v) is 15.5. The Labute approximate surface area is 446 Å². The number of H-pyrrole nitrogens is 3. The number of nitrogen functional groups attached to an aromatic ring is 1. The topological polar surface area (TPSA) is 396 Å². The van der Waals surface area contributed by atoms with Gasteiger partial charge in [0, 0.05) is 53.0 Å². The molecule has 2 amide bonds. The normalized spacial score (nSPS) is 26.7. The SMILES string of the molecule is CC(=O)Nc1nc2c(ncn2[C@@H]2O[C@H](CO)C(O)[C@@H]2C)c(=O)[nH]1.C[C@H]1C(O)[C@@H](CO)O[C@H]1n1cnc2c(=O)[nH]c(N)nc21.[2H]C[C@H]1O[C@@H](CCn2cnc3c(=O)[nH]c(NC(C)=O)nc32)[C@@H](C)C1OP(C)N(C(C)C)C(C)C.[3H]C. The number of rotatable bonds is 14. The largest absolute Gasteiger partial charge is 0.394 e. The number of carbonyl (C=O) groups is 2. The second kappa shape index (κ2) is 25.1. The molecule has 3 fully saturated rings. The first kappa shape index (κ1) is 57.0. The molecule has 0 radical (unpaired) electrons. The molecule has 0 spiro atoms. The molecule has 4 unspecified atom stereocenters. The van der Waals surface area contributed by atoms with Crippen LogP contribution < -0.4 is 33.0 Å². The summed E-state index contributed by atoms with van der Waals surface area (Å²) in [4.78, 5) is 90.6. The molecule has 0 saturated carbocycles. The lowest BCUT2D eigenvalue weighted by atomic mass is 9.97. The van der Waals surface area contributed by atoms with Gasteiger partial charge in [-0.1, -0.05) is 28.2 Å². The van der Waals surface area contributed by atoms with Crippen LogP contribution in [0.1, 0.15) is 98.2 Å². The van der Waals surface area contributed by atoms with E-state index < -0.39 is 61.8 Å². The maximum atomic E-state index is 12.3. The first-order valence-corrected chi connectivity index (χ1v) is 26.4. The summed E-state index contributed by atoms with van der Waals surface area (Å²) in [6.07, 6.45) is 0.275. The van der Waals surface area contributed by atoms with E-state index in [4.69, 9.17) is 27.2 Å². The number of fused-ring (bicyclic) bond motifs is 3. The van der Waals surface area contributed by atoms with E-state index in [1.807, 2.05) is 0 Å². The van der Waals surface area contributed by atoms with E-state index in [2.05, 4.69) is 101 Å². The summed E-state index contributed by atoms with van der Waals surface area (Å²) >= 11 is 0. The molecular formula is C47H73N16O13P. The molecule has 29 nitrogen and oxygen atoms in total. The van der Waals surface area contributed by atoms with Crippen molar-refractivity contribution in [1.82, 2.24) is 63.2 Å². The molecule has 77 heavy (non-hydrogen) atoms. The highest BCUT2D eigenvalue weighted by atomic mass is 31.2. The molecule has 0 bridgehead atoms. The quantitative estimate of drug-likeness (QED) is 0.0691. The third-order valence-electron chi connectivity index (χ3n) is 13.4. The van der Waals surface area contributed by atoms with E-state index in [9.17, 15) is 44.4 Å². The number of nitrogens with two attached hydrogens (primary N) is 1. The second-order valence-electron chi connectivity index (χ2n) is 19.6. The number of aliphatic hydroxyl groups is 4. The molecule has 6 aromatic heterocycles. The molecule has 424 valence electrons. The van der Waals surface area contributed by atoms with Crippen molar-refractivity contribution in [3.05, 3.63) is 50.0 Å². The first-order chi connectivity index (χ1) is 37.5. The molecule has 6 aromatic rings. The van der Waals surface area contributed by atoms with Gasteiger partial charge >= 0.3 is 0 Å². The van der Waals surface area contributed by atoms with Crippen LogP contribution in [0.25, 0.3) is 33.5 Å². The molecule has 3 aliphatic rings. The number of aryl methyl sites for hydroxylation is 1. The van der Waals surface area contributed by atoms with Gasteiger partial charge in [0.2, 0.25) is 29.7 Å². The highest BCUT2D eigenvalue weighted by Gasteiger charge is 2.44. The second-order valence-corrected chi connectivity index (χ2v) is 21.2. The number of nitrogens with one attached hydrogen (secondary N) is 5. The van der Waals surface area contributed by atoms with Crippen LogP contribution in [-0.2, 0) is 34.9 Å². The summed E-state index contributed by atoms with van der Waals surface area (Å²) < 4.78 is 45.0. The number of hydrogen-bond acceptors (Lipinski definition) is 21. The fraction of sp³-hybridized carbons (Fsp3) is 0.638. The molecular weight excluding hydrogens is 1030 g/mol. The zero-order valence-corrected chi connectivity index (χ0v) is 45.7. The Kier molecular flexibility index (Phi) is 18.6. The third kappa shape index (κ3) is 12.9. The fourth-order valence-electron chi connectivity index (χ4n) is 9.75. The van der Waals surface area contributed by atoms with Gasteiger partial charge in [-0.05, 0) is 47.7 Å². The number of ether oxygens (including phenoxy) is 3. The van der Waals surface area contributed by atoms with Gasteiger partial charge in [0.1, 0.15) is 33.0 Å². The van der Waals surface area contributed by atoms with Crippen LogP contribution in [0, 0.1) is 17.8 Å². The van der Waals surface area contributed by atoms with Gasteiger partial charge < -0.3 is 49.5 Å². The summed E-state index contributed by atoms with van der Waals surface area (Å²) in [7, 11) is 0.426. The maximum absolute atomic E-state index is 12.3. The lowest BCUT2D eigenvalue weighted by Crippen LogP contribution is -2.35. The maximum Gasteiger partial charge on any atom is 0.280 e. The van der Waals surface area contributed by atoms with Crippen LogP contribution in [0.2, 0.25) is 0 Å². The minimum absolute atomic E-state index is 0.00153. The number of anilines is 3. The highest BCUT2D eigenvalue weighted by Crippen LogP contribution is 2.47. The predicted molar refractivity (Wildman–Crippen MR) is 284 cm³/mol. The molecule has 13 atom stereocenters. The van der Waals surface area contributed by atoms with E-state index in [-0.39, 0.29) is 114 Å². The van der Waals surface area contributed by atoms with Crippen molar-refractivity contribution < 1.29 is 51.5 Å². The number of hydrogen-bond donors (Lipinski definition) is 10. The van der Waals surface area contributed by atoms with E-state index in [0.717, 1.165) is 0 Å². The standard InChI is InChI=1S/C22H37N6O4P.C13H17N5O5.C11H15N5O4.CH4/c1-12(2)28(13(3)4)33(8)32-19-14(5)17(31-15(19)6)9-10-27-11-23-18-20(27)25-22(24-16(7)29)26-21(18)30;1-5-9(21)7(3-19)23-12(5)18-4-14-8-10(18)16-13(15-6(2)20)17-11(8)22;1-4-7(18)5(2-17)20-10(4)16-3-13-6-8(16)14-11(12)15-9(6)19;/h11-15,17,19H,9-10H2,1-8H3,(H2,24,25,26,29,30);4-5,7,9,12,19,21H,3H2,1-2H3,(H2,15,16,17,20,22);3-5,7,10,17-18H,2H2,1H3,(H3,12,14,15,19);1H4/t14-,15-,17+,19?,33?;5-,7+,9?,12+;4-,5+,7?,10+;/m100./s1/i6D;;;1T. The van der Waals surface area contributed by atoms with Crippen LogP contribution in [-0.4, -0.2) is 170 Å². The average molecular weight is 1100 g/mol. The Morgan fingerprint density at radius 2 is 1.23 bits per heavy atom. The van der Waals surface area contributed by atoms with E-state index >= 15 is 0 Å². The Bertz CT molecular complexity index is 3200. The van der Waals surface area contributed by atoms with Gasteiger partial charge in [-0.25, -0.2) is 15.0 Å². The minimum atomic E-state index is -0.848. The number of aliphatic hydroxyl groups excluding tert-OH is 4. The molecule has 3 saturated heterocycles. The molecule has 30 heteroatoms. The molecule has 0 aromatic carbocycles. The smallest absolute Gasteiger partial charge is 0.280 e. The van der Waals surface area contributed by atoms with Crippen LogP contribution in [0.3, 0.4) is 0 Å². The Balaban J connectivity index is 0.000000196. The van der Waals surface area contributed by atoms with Crippen LogP contribution in [0.5, 0.6) is 0 Å². The summed E-state index contributed by atoms with van der Waals surface area (Å²) in [5.74, 6) is -1.13. The molecule has 0 aliphatic carbocycles. The first-order valence-electron chi connectivity index (χ1n) is 26.4. The van der Waals surface area contributed by atoms with Gasteiger partial charge in [0.25, 0.3) is 16.7 Å². The zero-order valence-electron chi connectivity index (χ0n) is 46.8. The molecule has 11 N–H and O–H groups in total. The Morgan fingerprint density at radius 1 is 0.779 bits per heavy atom. The van der Waals surface area contributed by atoms with Crippen molar-refractivity contribution >= 4 is 71.5 Å². The summed E-state index contributed by atoms with van der Waals surface area (Å²) in [6, 6.07) is 0.734. The molecule has 9 heterocycles. The monoisotopic (exact) mass is 1100 g/mol. The lowest BCUT2D eigenvalue weighted by molar-refractivity contribution is -0.115. The van der Waals surface area contributed by atoms with E-state index in [1.165, 1.54) is 38.5 Å². The number of carbonyl (C=O) groups excluding carboxylic acids is 2. The number of imidazole rings is 3. The Morgan fingerprint density at radius 3 is 1.69 bits per heavy atom. The number of aromatic nitrogens is 12. The summed E-state index contributed by atoms with van der Waals surface area (Å²) in [5.41, 5.74) is 5.57. The minimum Gasteiger partial charge on any atom is -0.394 e. The van der Waals surface area contributed by atoms with Crippen molar-refractivity contribution in [2.45, 2.75) is 157 Å². The van der Waals surface area contributed by atoms with Gasteiger partial charge in [-0.3, -0.25) is 63.4 Å². The average Bonchev–Trinajstić information content (AvgIpc) is 4.46. The van der Waals surface area contributed by atoms with Crippen LogP contribution in [0.4, 0.5) is 17.8 Å². The summed E-state index contributed by atoms with van der Waals surface area (Å²) in [5, 5.41) is 43.4. The van der Waals surface area contributed by atoms with Crippen LogP contribution in [0.15, 0.2) is 33.4 Å². The van der Waals surface area contributed by atoms with Crippen molar-refractivity contribution in [3.8, 4) is 0 Å². The number of nitrogens with zero attached hydrogens (tertiary/aromatic N) is 10. The molecule has 3 aliphatic heterocycles.